The van der Waals surface area contributed by atoms with Crippen molar-refractivity contribution in [1.29, 1.82) is 0 Å². The second-order valence-electron chi connectivity index (χ2n) is 7.16. The number of hydrogen-bond donors (Lipinski definition) is 3. The Morgan fingerprint density at radius 2 is 2.00 bits per heavy atom. The molecule has 0 aromatic rings. The summed E-state index contributed by atoms with van der Waals surface area (Å²) in [5.74, 6) is 0.0673. The van der Waals surface area contributed by atoms with Crippen molar-refractivity contribution in [1.82, 2.24) is 10.6 Å². The van der Waals surface area contributed by atoms with Crippen molar-refractivity contribution in [3.63, 3.8) is 0 Å². The third-order valence-corrected chi connectivity index (χ3v) is 4.74. The van der Waals surface area contributed by atoms with Crippen molar-refractivity contribution >= 4 is 5.91 Å². The molecule has 1 heterocycles. The minimum atomic E-state index is -0.686. The Bertz CT molecular complexity index is 312. The van der Waals surface area contributed by atoms with Crippen molar-refractivity contribution in [3.8, 4) is 0 Å². The van der Waals surface area contributed by atoms with E-state index in [9.17, 15) is 9.90 Å². The number of hydrogen-bond acceptors (Lipinski definition) is 3. The van der Waals surface area contributed by atoms with E-state index >= 15 is 0 Å². The van der Waals surface area contributed by atoms with Gasteiger partial charge in [0.1, 0.15) is 0 Å². The lowest BCUT2D eigenvalue weighted by molar-refractivity contribution is -0.123. The number of carbonyl (C=O) groups excluding carboxylic acids is 1. The van der Waals surface area contributed by atoms with E-state index in [0.29, 0.717) is 24.4 Å². The van der Waals surface area contributed by atoms with Crippen molar-refractivity contribution in [3.05, 3.63) is 0 Å². The second kappa shape index (κ2) is 5.80. The Morgan fingerprint density at radius 3 is 2.58 bits per heavy atom. The Balaban J connectivity index is 1.70. The molecule has 1 atom stereocenters. The lowest BCUT2D eigenvalue weighted by Gasteiger charge is -2.40. The number of amides is 1. The first-order valence-electron chi connectivity index (χ1n) is 7.61. The van der Waals surface area contributed by atoms with Crippen molar-refractivity contribution < 1.29 is 9.90 Å². The topological polar surface area (TPSA) is 61.4 Å². The average Bonchev–Trinajstić information content (AvgIpc) is 2.84. The Kier molecular flexibility index (Phi) is 4.51. The Labute approximate surface area is 116 Å². The predicted molar refractivity (Wildman–Crippen MR) is 75.9 cm³/mol. The van der Waals surface area contributed by atoms with Crippen LogP contribution >= 0.6 is 0 Å². The van der Waals surface area contributed by atoms with Crippen LogP contribution in [0.1, 0.15) is 58.8 Å². The van der Waals surface area contributed by atoms with Gasteiger partial charge in [0.05, 0.1) is 5.60 Å². The van der Waals surface area contributed by atoms with Gasteiger partial charge in [-0.25, -0.2) is 0 Å². The van der Waals surface area contributed by atoms with Gasteiger partial charge in [-0.1, -0.05) is 13.8 Å². The summed E-state index contributed by atoms with van der Waals surface area (Å²) in [6.07, 6.45) is 6.45. The molecule has 4 heteroatoms. The van der Waals surface area contributed by atoms with E-state index in [4.69, 9.17) is 0 Å². The summed E-state index contributed by atoms with van der Waals surface area (Å²) in [6.45, 7) is 5.93. The van der Waals surface area contributed by atoms with Gasteiger partial charge in [0.2, 0.25) is 5.91 Å². The van der Waals surface area contributed by atoms with Crippen molar-refractivity contribution in [2.24, 2.45) is 5.41 Å². The highest BCUT2D eigenvalue weighted by Gasteiger charge is 2.36. The fourth-order valence-electron chi connectivity index (χ4n) is 3.06. The van der Waals surface area contributed by atoms with Crippen LogP contribution in [0.4, 0.5) is 0 Å². The van der Waals surface area contributed by atoms with E-state index in [0.717, 1.165) is 45.1 Å². The molecule has 1 unspecified atom stereocenters. The van der Waals surface area contributed by atoms with Gasteiger partial charge in [0.25, 0.3) is 0 Å². The summed E-state index contributed by atoms with van der Waals surface area (Å²) >= 11 is 0. The average molecular weight is 268 g/mol. The Morgan fingerprint density at radius 1 is 1.32 bits per heavy atom. The molecule has 0 aromatic heterocycles. The zero-order chi connectivity index (χ0) is 13.9. The zero-order valence-electron chi connectivity index (χ0n) is 12.3. The number of aliphatic hydroxyl groups is 1. The molecule has 0 aromatic carbocycles. The zero-order valence-corrected chi connectivity index (χ0v) is 12.3. The van der Waals surface area contributed by atoms with E-state index in [2.05, 4.69) is 24.5 Å². The molecule has 0 spiro atoms. The fourth-order valence-corrected chi connectivity index (χ4v) is 3.06. The highest BCUT2D eigenvalue weighted by atomic mass is 16.3. The van der Waals surface area contributed by atoms with Gasteiger partial charge in [-0.05, 0) is 50.5 Å². The molecule has 1 aliphatic heterocycles. The molecule has 1 aliphatic carbocycles. The van der Waals surface area contributed by atoms with Gasteiger partial charge in [-0.3, -0.25) is 4.79 Å². The summed E-state index contributed by atoms with van der Waals surface area (Å²) < 4.78 is 0. The van der Waals surface area contributed by atoms with Gasteiger partial charge in [-0.15, -0.1) is 0 Å². The first-order valence-corrected chi connectivity index (χ1v) is 7.61. The van der Waals surface area contributed by atoms with Crippen molar-refractivity contribution in [2.45, 2.75) is 70.4 Å². The van der Waals surface area contributed by atoms with Gasteiger partial charge in [0, 0.05) is 19.0 Å². The maximum atomic E-state index is 11.8. The number of nitrogens with one attached hydrogen (secondary N) is 2. The molecule has 0 radical (unpaired) electrons. The predicted octanol–water partition coefficient (Wildman–Crippen LogP) is 1.58. The maximum absolute atomic E-state index is 11.8. The maximum Gasteiger partial charge on any atom is 0.221 e. The molecule has 2 rings (SSSR count). The highest BCUT2D eigenvalue weighted by Crippen LogP contribution is 2.39. The normalized spacial score (nSPS) is 29.1. The quantitative estimate of drug-likeness (QED) is 0.725. The first kappa shape index (κ1) is 14.8. The molecule has 2 aliphatic rings. The summed E-state index contributed by atoms with van der Waals surface area (Å²) in [7, 11) is 0. The van der Waals surface area contributed by atoms with Gasteiger partial charge in [0.15, 0.2) is 0 Å². The molecule has 1 amide bonds. The molecule has 0 bridgehead atoms. The summed E-state index contributed by atoms with van der Waals surface area (Å²) in [5.41, 5.74) is -0.349. The molecule has 2 fully saturated rings. The van der Waals surface area contributed by atoms with E-state index in [-0.39, 0.29) is 5.91 Å². The standard InChI is InChI=1S/C15H28N2O2/c1-14(2)5-7-15(19,8-6-14)11-17-13(18)10-12-4-3-9-16-12/h12,16,19H,3-11H2,1-2H3,(H,17,18). The van der Waals surface area contributed by atoms with Crippen LogP contribution < -0.4 is 10.6 Å². The molecular weight excluding hydrogens is 240 g/mol. The number of carbonyl (C=O) groups is 1. The second-order valence-corrected chi connectivity index (χ2v) is 7.16. The fraction of sp³-hybridized carbons (Fsp3) is 0.933. The summed E-state index contributed by atoms with van der Waals surface area (Å²) in [4.78, 5) is 11.8. The largest absolute Gasteiger partial charge is 0.388 e. The smallest absolute Gasteiger partial charge is 0.221 e. The highest BCUT2D eigenvalue weighted by molar-refractivity contribution is 5.76. The molecule has 1 saturated carbocycles. The number of rotatable bonds is 4. The summed E-state index contributed by atoms with van der Waals surface area (Å²) in [6, 6.07) is 0.333. The van der Waals surface area contributed by atoms with Crippen LogP contribution in [0.25, 0.3) is 0 Å². The minimum absolute atomic E-state index is 0.0673. The monoisotopic (exact) mass is 268 g/mol. The molecule has 110 valence electrons. The lowest BCUT2D eigenvalue weighted by Crippen LogP contribution is -2.47. The summed E-state index contributed by atoms with van der Waals surface area (Å²) in [5, 5.41) is 16.7. The molecule has 19 heavy (non-hydrogen) atoms. The van der Waals surface area contributed by atoms with Crippen LogP contribution in [0.2, 0.25) is 0 Å². The molecule has 3 N–H and O–H groups in total. The van der Waals surface area contributed by atoms with Gasteiger partial charge >= 0.3 is 0 Å². The Hall–Kier alpha value is -0.610. The minimum Gasteiger partial charge on any atom is -0.388 e. The van der Waals surface area contributed by atoms with Crippen LogP contribution in [0.15, 0.2) is 0 Å². The molecule has 1 saturated heterocycles. The van der Waals surface area contributed by atoms with E-state index in [1.54, 1.807) is 0 Å². The molecular formula is C15H28N2O2. The van der Waals surface area contributed by atoms with Gasteiger partial charge in [-0.2, -0.15) is 0 Å². The van der Waals surface area contributed by atoms with Crippen LogP contribution in [0, 0.1) is 5.41 Å². The van der Waals surface area contributed by atoms with E-state index in [1.165, 1.54) is 0 Å². The molecule has 4 nitrogen and oxygen atoms in total. The van der Waals surface area contributed by atoms with Gasteiger partial charge < -0.3 is 15.7 Å². The van der Waals surface area contributed by atoms with E-state index < -0.39 is 5.60 Å². The first-order chi connectivity index (χ1) is 8.89. The van der Waals surface area contributed by atoms with Crippen LogP contribution in [-0.2, 0) is 4.79 Å². The third-order valence-electron chi connectivity index (χ3n) is 4.74. The van der Waals surface area contributed by atoms with E-state index in [1.807, 2.05) is 0 Å². The van der Waals surface area contributed by atoms with Crippen LogP contribution in [0.5, 0.6) is 0 Å². The van der Waals surface area contributed by atoms with Crippen molar-refractivity contribution in [2.75, 3.05) is 13.1 Å². The van der Waals surface area contributed by atoms with Crippen LogP contribution in [0.3, 0.4) is 0 Å². The third kappa shape index (κ3) is 4.46. The van der Waals surface area contributed by atoms with Crippen LogP contribution in [-0.4, -0.2) is 35.7 Å². The lowest BCUT2D eigenvalue weighted by atomic mass is 9.71. The SMILES string of the molecule is CC1(C)CCC(O)(CNC(=O)CC2CCCN2)CC1.